The molecule has 0 unspecified atom stereocenters. The molecule has 0 aromatic heterocycles. The zero-order valence-corrected chi connectivity index (χ0v) is 80.3. The SMILES string of the molecule is C=CCOc1ccc(C(C)(C)c2ccc(OCC=C)c(CC=C)c2)cc1CC=C.C=CCOc1ccc(C(C)(C)c2ccc(OCC=C)cc2)cc1.C=CCc1cc(C(C)(C)c2ccc(O)c(CC=C)c2)ccc1O.C=COCC1CCC(COC(=O)NCNC(=O)OCC2CCC(COC=C)CC2)CC1.C=COCCCNC(=O)NCNC(=O)NCCCOC=C.C=COCOC=C. The van der Waals surface area contributed by atoms with E-state index in [0.29, 0.717) is 140 Å². The van der Waals surface area contributed by atoms with Gasteiger partial charge in [-0.2, -0.15) is 0 Å². The van der Waals surface area contributed by atoms with Crippen molar-refractivity contribution < 1.29 is 86.2 Å². The molecule has 2 aliphatic carbocycles. The number of allylic oxidation sites excluding steroid dienone is 4. The quantitative estimate of drug-likeness (QED) is 0.00762. The first-order valence-corrected chi connectivity index (χ1v) is 45.4. The molecule has 6 aromatic rings. The first kappa shape index (κ1) is 115. The van der Waals surface area contributed by atoms with E-state index in [0.717, 1.165) is 121 Å². The number of hydrogen-bond acceptors (Lipinski definition) is 18. The van der Waals surface area contributed by atoms with Gasteiger partial charge in [-0.25, -0.2) is 19.2 Å². The second-order valence-electron chi connectivity index (χ2n) is 32.7. The normalized spacial score (nSPS) is 13.8. The van der Waals surface area contributed by atoms with Gasteiger partial charge in [0.15, 0.2) is 0 Å². The van der Waals surface area contributed by atoms with Crippen LogP contribution in [-0.2, 0) is 79.8 Å². The molecule has 2 aliphatic rings. The summed E-state index contributed by atoms with van der Waals surface area (Å²) < 4.78 is 62.6. The first-order chi connectivity index (χ1) is 64.7. The summed E-state index contributed by atoms with van der Waals surface area (Å²) in [6, 6.07) is 40.0. The van der Waals surface area contributed by atoms with Crippen LogP contribution in [0.4, 0.5) is 19.2 Å². The molecule has 0 bridgehead atoms. The number of alkyl carbamates (subject to hydrolysis) is 2. The van der Waals surface area contributed by atoms with Gasteiger partial charge in [0, 0.05) is 29.3 Å². The largest absolute Gasteiger partial charge is 0.508 e. The molecule has 0 heterocycles. The summed E-state index contributed by atoms with van der Waals surface area (Å²) in [6.07, 6.45) is 34.1. The van der Waals surface area contributed by atoms with Crippen LogP contribution in [0.15, 0.2) is 300 Å². The fourth-order valence-electron chi connectivity index (χ4n) is 14.0. The van der Waals surface area contributed by atoms with E-state index in [1.54, 1.807) is 48.6 Å². The lowest BCUT2D eigenvalue weighted by Crippen LogP contribution is -2.46. The Morgan fingerprint density at radius 2 is 0.612 bits per heavy atom. The Hall–Kier alpha value is -13.6. The molecule has 24 heteroatoms. The van der Waals surface area contributed by atoms with E-state index >= 15 is 0 Å². The van der Waals surface area contributed by atoms with Crippen LogP contribution in [0.5, 0.6) is 34.5 Å². The summed E-state index contributed by atoms with van der Waals surface area (Å²) in [7, 11) is 0. The van der Waals surface area contributed by atoms with Crippen molar-refractivity contribution in [2.75, 3.05) is 99.3 Å². The maximum Gasteiger partial charge on any atom is 0.408 e. The Morgan fingerprint density at radius 3 is 0.933 bits per heavy atom. The van der Waals surface area contributed by atoms with E-state index in [1.165, 1.54) is 59.8 Å². The average Bonchev–Trinajstić information content (AvgIpc) is 0.792. The Kier molecular flexibility index (Phi) is 57.7. The van der Waals surface area contributed by atoms with E-state index in [9.17, 15) is 29.4 Å². The molecule has 0 saturated heterocycles. The number of carbonyl (C=O) groups is 4. The van der Waals surface area contributed by atoms with Gasteiger partial charge in [0.05, 0.1) is 90.6 Å². The maximum absolute atomic E-state index is 11.8. The number of aromatic hydroxyl groups is 2. The van der Waals surface area contributed by atoms with Crippen LogP contribution in [0.2, 0.25) is 0 Å². The third-order valence-corrected chi connectivity index (χ3v) is 22.0. The standard InChI is InChI=1S/C27H32O2.C23H38N2O6.2C21H24O2.C13H24N4O4.C5H8O2/c1-7-11-21-19-23(13-15-25(21)28-17-9-3)27(5,6)24-14-16-26(29-18-10-4)22(20-24)12-8-2;1-3-28-13-18-5-9-20(10-6-18)15-30-22(26)24-17-25-23(27)31-16-21-11-7-19(8-12-21)14-29-4-2;1-5-15-22-19-11-7-17(8-12-19)21(3,4)18-9-13-20(14-10-18)23-16-6-2;1-5-7-15-13-17(9-11-19(15)22)21(3,4)18-10-12-20(23)16(14-18)8-6-2;1-3-20-9-5-7-14-12(18)16-11-17-13(19)15-8-6-10-21-4-2;1-3-6-5-7-4-2/h7-10,13-16,19-20H,1-4,11-12,17-18H2,5-6H3;3-4,18-21H,1-2,5-17H2,(H,24,26)(H,25,27);5-14H,1-2,15-16H2,3-4H3;5-6,9-14,22-23H,1-2,7-8H2,3-4H3;3-4H,1-2,5-11H2,(H2,14,16,18)(H2,15,17,19);3-4H,1-2,5H2. The van der Waals surface area contributed by atoms with Crippen molar-refractivity contribution in [2.24, 2.45) is 23.7 Å². The highest BCUT2D eigenvalue weighted by molar-refractivity contribution is 5.76. The molecule has 0 radical (unpaired) electrons. The zero-order valence-electron chi connectivity index (χ0n) is 80.3. The minimum atomic E-state index is -0.530. The molecule has 2 fully saturated rings. The summed E-state index contributed by atoms with van der Waals surface area (Å²) in [5.41, 5.74) is 10.6. The molecular weight excluding hydrogens is 1690 g/mol. The summed E-state index contributed by atoms with van der Waals surface area (Å²) >= 11 is 0. The van der Waals surface area contributed by atoms with Gasteiger partial charge in [0.25, 0.3) is 0 Å². The van der Waals surface area contributed by atoms with Crippen molar-refractivity contribution in [3.05, 3.63) is 355 Å². The summed E-state index contributed by atoms with van der Waals surface area (Å²) in [4.78, 5) is 46.2. The molecular formula is C110H150N6O18. The average molecular weight is 1840 g/mol. The fourth-order valence-corrected chi connectivity index (χ4v) is 14.0. The maximum atomic E-state index is 11.8. The van der Waals surface area contributed by atoms with E-state index in [2.05, 4.69) is 224 Å². The Morgan fingerprint density at radius 1 is 0.328 bits per heavy atom. The number of carbonyl (C=O) groups excluding carboxylic acids is 4. The smallest absolute Gasteiger partial charge is 0.408 e. The minimum absolute atomic E-state index is 0.0189. The number of ether oxygens (including phenoxy) is 12. The van der Waals surface area contributed by atoms with Crippen molar-refractivity contribution in [1.29, 1.82) is 0 Å². The third kappa shape index (κ3) is 45.0. The van der Waals surface area contributed by atoms with Gasteiger partial charge >= 0.3 is 24.2 Å². The molecule has 0 atom stereocenters. The second-order valence-corrected chi connectivity index (χ2v) is 32.7. The number of amides is 6. The highest BCUT2D eigenvalue weighted by Gasteiger charge is 2.30. The molecule has 0 aliphatic heterocycles. The van der Waals surface area contributed by atoms with Crippen LogP contribution in [0.25, 0.3) is 0 Å². The van der Waals surface area contributed by atoms with Crippen LogP contribution < -0.4 is 50.8 Å². The lowest BCUT2D eigenvalue weighted by Gasteiger charge is -2.28. The molecule has 728 valence electrons. The molecule has 6 amide bonds. The van der Waals surface area contributed by atoms with Crippen LogP contribution in [0.3, 0.4) is 0 Å². The number of hydrogen-bond donors (Lipinski definition) is 8. The minimum Gasteiger partial charge on any atom is -0.508 e. The van der Waals surface area contributed by atoms with Crippen molar-refractivity contribution in [3.63, 3.8) is 0 Å². The molecule has 0 spiro atoms. The molecule has 2 saturated carbocycles. The number of phenols is 2. The monoisotopic (exact) mass is 1840 g/mol. The molecule has 8 rings (SSSR count). The predicted molar refractivity (Wildman–Crippen MR) is 541 cm³/mol. The molecule has 8 N–H and O–H groups in total. The van der Waals surface area contributed by atoms with E-state index < -0.39 is 12.2 Å². The van der Waals surface area contributed by atoms with Crippen LogP contribution >= 0.6 is 0 Å². The molecule has 6 aromatic carbocycles. The third-order valence-electron chi connectivity index (χ3n) is 22.0. The zero-order chi connectivity index (χ0) is 98.6. The van der Waals surface area contributed by atoms with E-state index in [4.69, 9.17) is 47.4 Å². The van der Waals surface area contributed by atoms with Crippen LogP contribution in [0.1, 0.15) is 161 Å². The van der Waals surface area contributed by atoms with Gasteiger partial charge in [-0.1, -0.05) is 229 Å². The Balaban J connectivity index is 0.000000426. The van der Waals surface area contributed by atoms with Crippen molar-refractivity contribution >= 4 is 24.2 Å². The van der Waals surface area contributed by atoms with Crippen molar-refractivity contribution in [1.82, 2.24) is 31.9 Å². The van der Waals surface area contributed by atoms with Crippen LogP contribution in [0, 0.1) is 23.7 Å². The van der Waals surface area contributed by atoms with Crippen molar-refractivity contribution in [3.8, 4) is 34.5 Å². The second kappa shape index (κ2) is 67.5. The number of nitrogens with one attached hydrogen (secondary N) is 6. The fraction of sp³-hybridized carbons (Fsp3) is 0.382. The van der Waals surface area contributed by atoms with Crippen molar-refractivity contribution in [2.45, 2.75) is 148 Å². The lowest BCUT2D eigenvalue weighted by atomic mass is 9.77. The molecule has 134 heavy (non-hydrogen) atoms. The van der Waals surface area contributed by atoms with Gasteiger partial charge in [0.1, 0.15) is 60.9 Å². The number of benzene rings is 6. The Labute approximate surface area is 798 Å². The van der Waals surface area contributed by atoms with E-state index in [1.807, 2.05) is 72.8 Å². The Bertz CT molecular complexity index is 4280. The number of urea groups is 2. The van der Waals surface area contributed by atoms with Gasteiger partial charge in [-0.05, 0) is 218 Å². The van der Waals surface area contributed by atoms with Gasteiger partial charge in [-0.3, -0.25) is 0 Å². The summed E-state index contributed by atoms with van der Waals surface area (Å²) in [5.74, 6) is 5.93. The van der Waals surface area contributed by atoms with Gasteiger partial charge in [0.2, 0.25) is 6.79 Å². The summed E-state index contributed by atoms with van der Waals surface area (Å²) in [5, 5.41) is 35.2. The number of rotatable bonds is 54. The van der Waals surface area contributed by atoms with Gasteiger partial charge in [-0.15, -0.1) is 26.3 Å². The topological polar surface area (TPSA) is 292 Å². The highest BCUT2D eigenvalue weighted by atomic mass is 16.7. The summed E-state index contributed by atoms with van der Waals surface area (Å²) in [6.45, 7) is 70.2. The van der Waals surface area contributed by atoms with Crippen LogP contribution in [-0.4, -0.2) is 134 Å². The van der Waals surface area contributed by atoms with Gasteiger partial charge < -0.3 is 99.0 Å². The number of phenolic OH excluding ortho intramolecular Hbond substituents is 2. The van der Waals surface area contributed by atoms with E-state index in [-0.39, 0.29) is 48.4 Å². The highest BCUT2D eigenvalue weighted by Crippen LogP contribution is 2.40. The first-order valence-electron chi connectivity index (χ1n) is 45.4. The molecule has 24 nitrogen and oxygen atoms in total. The predicted octanol–water partition coefficient (Wildman–Crippen LogP) is 22.9. The lowest BCUT2D eigenvalue weighted by molar-refractivity contribution is 0.0462.